The lowest BCUT2D eigenvalue weighted by Gasteiger charge is -2.29. The zero-order valence-electron chi connectivity index (χ0n) is 22.6. The van der Waals surface area contributed by atoms with Gasteiger partial charge in [-0.15, -0.1) is 11.3 Å². The Morgan fingerprint density at radius 2 is 1.92 bits per heavy atom. The fourth-order valence-corrected chi connectivity index (χ4v) is 5.87. The minimum atomic E-state index is -0.786. The minimum absolute atomic E-state index is 0.169. The van der Waals surface area contributed by atoms with Gasteiger partial charge in [0.25, 0.3) is 5.91 Å². The van der Waals surface area contributed by atoms with E-state index in [2.05, 4.69) is 48.5 Å². The van der Waals surface area contributed by atoms with Gasteiger partial charge in [-0.1, -0.05) is 65.5 Å². The van der Waals surface area contributed by atoms with Crippen molar-refractivity contribution in [3.8, 4) is 6.07 Å². The molecule has 2 aromatic rings. The van der Waals surface area contributed by atoms with Gasteiger partial charge in [0, 0.05) is 25.4 Å². The third kappa shape index (κ3) is 8.38. The molecule has 0 bridgehead atoms. The highest BCUT2D eigenvalue weighted by atomic mass is 32.1. The predicted molar refractivity (Wildman–Crippen MR) is 151 cm³/mol. The smallest absolute Gasteiger partial charge is 0.261 e. The maximum Gasteiger partial charge on any atom is 0.261 e. The van der Waals surface area contributed by atoms with Crippen LogP contribution in [0.5, 0.6) is 0 Å². The number of nitrogens with zero attached hydrogens (tertiary/aromatic N) is 2. The van der Waals surface area contributed by atoms with E-state index in [1.54, 1.807) is 13.0 Å². The third-order valence-corrected chi connectivity index (χ3v) is 8.12. The van der Waals surface area contributed by atoms with E-state index in [0.717, 1.165) is 47.3 Å². The van der Waals surface area contributed by atoms with Gasteiger partial charge in [0.2, 0.25) is 11.8 Å². The Morgan fingerprint density at radius 1 is 1.18 bits per heavy atom. The van der Waals surface area contributed by atoms with Crippen molar-refractivity contribution < 1.29 is 14.4 Å². The van der Waals surface area contributed by atoms with Crippen molar-refractivity contribution in [1.82, 2.24) is 20.9 Å². The number of thiazole rings is 1. The van der Waals surface area contributed by atoms with Crippen molar-refractivity contribution in [2.75, 3.05) is 6.54 Å². The first-order chi connectivity index (χ1) is 18.2. The van der Waals surface area contributed by atoms with Crippen LogP contribution < -0.4 is 16.0 Å². The first kappa shape index (κ1) is 29.3. The predicted octanol–water partition coefficient (Wildman–Crippen LogP) is 4.51. The molecule has 1 fully saturated rings. The third-order valence-electron chi connectivity index (χ3n) is 7.08. The molecule has 0 saturated heterocycles. The Kier molecular flexibility index (Phi) is 10.8. The summed E-state index contributed by atoms with van der Waals surface area (Å²) in [5, 5.41) is 18.4. The van der Waals surface area contributed by atoms with Crippen LogP contribution in [0.4, 0.5) is 0 Å². The van der Waals surface area contributed by atoms with Gasteiger partial charge in [-0.3, -0.25) is 14.4 Å². The Morgan fingerprint density at radius 3 is 2.58 bits per heavy atom. The zero-order chi connectivity index (χ0) is 27.7. The fraction of sp³-hybridized carbons (Fsp3) is 0.552. The second-order valence-corrected chi connectivity index (χ2v) is 11.5. The molecule has 0 spiro atoms. The summed E-state index contributed by atoms with van der Waals surface area (Å²) in [6.45, 7) is 9.69. The lowest BCUT2D eigenvalue weighted by molar-refractivity contribution is -0.129. The molecule has 3 amide bonds. The number of aromatic nitrogens is 1. The number of fused-ring (bicyclic) bond motifs is 1. The maximum atomic E-state index is 13.5. The van der Waals surface area contributed by atoms with Crippen molar-refractivity contribution in [2.45, 2.75) is 90.1 Å². The lowest BCUT2D eigenvalue weighted by atomic mass is 9.84. The second kappa shape index (κ2) is 14.1. The quantitative estimate of drug-likeness (QED) is 0.271. The molecule has 38 heavy (non-hydrogen) atoms. The van der Waals surface area contributed by atoms with Crippen LogP contribution in [0.2, 0.25) is 0 Å². The van der Waals surface area contributed by atoms with Crippen LogP contribution >= 0.6 is 11.3 Å². The van der Waals surface area contributed by atoms with E-state index < -0.39 is 11.9 Å². The van der Waals surface area contributed by atoms with Gasteiger partial charge in [-0.2, -0.15) is 5.26 Å². The molecule has 8 nitrogen and oxygen atoms in total. The SMILES string of the molecule is C=C(C#N)C(=O)NC[C@H](CC1CCCCC1)NC(=O)[C@H](Cc1nc2ccc(C(C)C)cc2s1)NC(=O)CC. The summed E-state index contributed by atoms with van der Waals surface area (Å²) in [4.78, 5) is 42.7. The first-order valence-corrected chi connectivity index (χ1v) is 14.4. The average Bonchev–Trinajstić information content (AvgIpc) is 3.32. The molecular formula is C29H39N5O3S. The molecule has 2 atom stereocenters. The minimum Gasteiger partial charge on any atom is -0.350 e. The zero-order valence-corrected chi connectivity index (χ0v) is 23.5. The van der Waals surface area contributed by atoms with Crippen LogP contribution in [0.15, 0.2) is 30.4 Å². The van der Waals surface area contributed by atoms with Crippen LogP contribution in [0, 0.1) is 17.2 Å². The highest BCUT2D eigenvalue weighted by Gasteiger charge is 2.27. The Labute approximate surface area is 229 Å². The molecule has 1 aliphatic rings. The number of rotatable bonds is 12. The standard InChI is InChI=1S/C29H39N5O3S/c1-5-26(35)33-24(15-27-34-23-12-11-21(18(2)3)14-25(23)38-27)29(37)32-22(13-20-9-7-6-8-10-20)17-31-28(36)19(4)16-30/h11-12,14,18,20,22,24H,4-10,13,15,17H2,1-3H3,(H,31,36)(H,32,37)(H,33,35)/t22-,24-/m0/s1. The van der Waals surface area contributed by atoms with Crippen LogP contribution in [0.3, 0.4) is 0 Å². The molecule has 1 aliphatic carbocycles. The van der Waals surface area contributed by atoms with E-state index in [1.165, 1.54) is 23.3 Å². The maximum absolute atomic E-state index is 13.5. The molecule has 1 heterocycles. The number of hydrogen-bond acceptors (Lipinski definition) is 6. The first-order valence-electron chi connectivity index (χ1n) is 13.6. The molecule has 1 aromatic carbocycles. The van der Waals surface area contributed by atoms with Crippen LogP contribution in [-0.2, 0) is 20.8 Å². The molecule has 0 aliphatic heterocycles. The summed E-state index contributed by atoms with van der Waals surface area (Å²) >= 11 is 1.54. The van der Waals surface area contributed by atoms with Gasteiger partial charge in [0.05, 0.1) is 15.2 Å². The van der Waals surface area contributed by atoms with Crippen molar-refractivity contribution in [1.29, 1.82) is 5.26 Å². The Bertz CT molecular complexity index is 1190. The van der Waals surface area contributed by atoms with Crippen molar-refractivity contribution in [3.05, 3.63) is 40.9 Å². The van der Waals surface area contributed by atoms with Crippen LogP contribution in [0.25, 0.3) is 10.2 Å². The molecular weight excluding hydrogens is 498 g/mol. The van der Waals surface area contributed by atoms with Crippen molar-refractivity contribution >= 4 is 39.3 Å². The second-order valence-electron chi connectivity index (χ2n) is 10.4. The summed E-state index contributed by atoms with van der Waals surface area (Å²) in [6, 6.07) is 6.86. The summed E-state index contributed by atoms with van der Waals surface area (Å²) in [7, 11) is 0. The molecule has 1 saturated carbocycles. The number of hydrogen-bond donors (Lipinski definition) is 3. The topological polar surface area (TPSA) is 124 Å². The number of nitriles is 1. The number of nitrogens with one attached hydrogen (secondary N) is 3. The van der Waals surface area contributed by atoms with Crippen molar-refractivity contribution in [3.63, 3.8) is 0 Å². The molecule has 9 heteroatoms. The number of carbonyl (C=O) groups excluding carboxylic acids is 3. The molecule has 1 aromatic heterocycles. The largest absolute Gasteiger partial charge is 0.350 e. The Hall–Kier alpha value is -3.25. The van der Waals surface area contributed by atoms with Gasteiger partial charge < -0.3 is 16.0 Å². The molecule has 3 rings (SSSR count). The summed E-state index contributed by atoms with van der Waals surface area (Å²) in [5.41, 5.74) is 1.94. The van der Waals surface area contributed by atoms with E-state index in [4.69, 9.17) is 10.2 Å². The van der Waals surface area contributed by atoms with E-state index in [9.17, 15) is 14.4 Å². The van der Waals surface area contributed by atoms with Gasteiger partial charge in [-0.05, 0) is 36.0 Å². The van der Waals surface area contributed by atoms with Gasteiger partial charge in [-0.25, -0.2) is 4.98 Å². The van der Waals surface area contributed by atoms with Crippen LogP contribution in [-0.4, -0.2) is 41.3 Å². The number of carbonyl (C=O) groups is 3. The van der Waals surface area contributed by atoms with E-state index in [-0.39, 0.29) is 42.8 Å². The summed E-state index contributed by atoms with van der Waals surface area (Å²) in [6.07, 6.45) is 6.98. The molecule has 0 unspecified atom stereocenters. The molecule has 0 radical (unpaired) electrons. The highest BCUT2D eigenvalue weighted by Crippen LogP contribution is 2.28. The van der Waals surface area contributed by atoms with E-state index in [1.807, 2.05) is 6.07 Å². The lowest BCUT2D eigenvalue weighted by Crippen LogP contribution is -2.53. The summed E-state index contributed by atoms with van der Waals surface area (Å²) < 4.78 is 1.06. The monoisotopic (exact) mass is 537 g/mol. The Balaban J connectivity index is 1.76. The highest BCUT2D eigenvalue weighted by molar-refractivity contribution is 7.18. The van der Waals surface area contributed by atoms with Gasteiger partial charge in [0.1, 0.15) is 17.7 Å². The van der Waals surface area contributed by atoms with E-state index >= 15 is 0 Å². The average molecular weight is 538 g/mol. The summed E-state index contributed by atoms with van der Waals surface area (Å²) in [5.74, 6) is -0.201. The fourth-order valence-electron chi connectivity index (χ4n) is 4.81. The van der Waals surface area contributed by atoms with Crippen LogP contribution in [0.1, 0.15) is 82.2 Å². The normalized spacial score (nSPS) is 15.4. The van der Waals surface area contributed by atoms with Gasteiger partial charge >= 0.3 is 0 Å². The van der Waals surface area contributed by atoms with Gasteiger partial charge in [0.15, 0.2) is 0 Å². The number of amides is 3. The number of benzene rings is 1. The molecule has 3 N–H and O–H groups in total. The van der Waals surface area contributed by atoms with E-state index in [0.29, 0.717) is 11.8 Å². The van der Waals surface area contributed by atoms with Crippen molar-refractivity contribution in [2.24, 2.45) is 5.92 Å². The molecule has 204 valence electrons.